The fraction of sp³-hybridized carbons (Fsp3) is 0.318. The molecule has 36 heavy (non-hydrogen) atoms. The van der Waals surface area contributed by atoms with Crippen LogP contribution in [0.5, 0.6) is 0 Å². The summed E-state index contributed by atoms with van der Waals surface area (Å²) in [6.45, 7) is 2.03. The number of anilines is 1. The molecule has 1 aromatic heterocycles. The van der Waals surface area contributed by atoms with Gasteiger partial charge in [0.2, 0.25) is 15.9 Å². The first-order chi connectivity index (χ1) is 16.8. The van der Waals surface area contributed by atoms with Gasteiger partial charge >= 0.3 is 12.1 Å². The van der Waals surface area contributed by atoms with Crippen LogP contribution in [0, 0.1) is 0 Å². The van der Waals surface area contributed by atoms with E-state index in [1.807, 2.05) is 42.5 Å². The number of carboxylic acids is 1. The van der Waals surface area contributed by atoms with E-state index in [1.165, 1.54) is 11.3 Å². The molecule has 1 atom stereocenters. The standard InChI is InChI=1S/C20H24N4O3S2.C2HF3O2/c1-2-10-29(26,27)24-18(19(25)22-12-16-13-23-20(21)28-16)11-15-8-5-7-14-6-3-4-9-17(14)15;3-2(4,5)1(6)7/h3-9,13,18,24H,2,10-12H2,1H3,(H2,21,23)(H,22,25);(H,6,7)/t18-;/m0./s1. The Morgan fingerprint density at radius 3 is 2.39 bits per heavy atom. The molecule has 1 amide bonds. The van der Waals surface area contributed by atoms with Crippen molar-refractivity contribution in [1.82, 2.24) is 15.0 Å². The van der Waals surface area contributed by atoms with Crippen molar-refractivity contribution in [1.29, 1.82) is 0 Å². The molecule has 0 aliphatic carbocycles. The summed E-state index contributed by atoms with van der Waals surface area (Å²) in [5, 5.41) is 12.4. The van der Waals surface area contributed by atoms with Gasteiger partial charge in [-0.25, -0.2) is 22.9 Å². The molecule has 0 saturated carbocycles. The Balaban J connectivity index is 0.000000572. The lowest BCUT2D eigenvalue weighted by atomic mass is 9.99. The lowest BCUT2D eigenvalue weighted by Gasteiger charge is -2.19. The average molecular weight is 547 g/mol. The fourth-order valence-electron chi connectivity index (χ4n) is 3.12. The molecule has 196 valence electrons. The number of hydrogen-bond donors (Lipinski definition) is 4. The van der Waals surface area contributed by atoms with E-state index >= 15 is 0 Å². The summed E-state index contributed by atoms with van der Waals surface area (Å²) < 4.78 is 59.0. The van der Waals surface area contributed by atoms with Crippen LogP contribution in [0.4, 0.5) is 18.3 Å². The number of nitrogens with one attached hydrogen (secondary N) is 2. The summed E-state index contributed by atoms with van der Waals surface area (Å²) in [6, 6.07) is 12.7. The number of carbonyl (C=O) groups excluding carboxylic acids is 1. The molecule has 1 heterocycles. The molecular weight excluding hydrogens is 521 g/mol. The van der Waals surface area contributed by atoms with Gasteiger partial charge in [0.15, 0.2) is 5.13 Å². The van der Waals surface area contributed by atoms with Gasteiger partial charge in [0.25, 0.3) is 0 Å². The molecule has 9 nitrogen and oxygen atoms in total. The third-order valence-electron chi connectivity index (χ3n) is 4.67. The monoisotopic (exact) mass is 546 g/mol. The van der Waals surface area contributed by atoms with E-state index < -0.39 is 28.2 Å². The van der Waals surface area contributed by atoms with Crippen molar-refractivity contribution in [3.63, 3.8) is 0 Å². The largest absolute Gasteiger partial charge is 0.490 e. The van der Waals surface area contributed by atoms with Gasteiger partial charge in [-0.2, -0.15) is 13.2 Å². The summed E-state index contributed by atoms with van der Waals surface area (Å²) in [7, 11) is -3.57. The van der Waals surface area contributed by atoms with Gasteiger partial charge in [0.1, 0.15) is 6.04 Å². The lowest BCUT2D eigenvalue weighted by Crippen LogP contribution is -2.48. The highest BCUT2D eigenvalue weighted by molar-refractivity contribution is 7.89. The van der Waals surface area contributed by atoms with Gasteiger partial charge in [0.05, 0.1) is 12.3 Å². The van der Waals surface area contributed by atoms with Gasteiger partial charge in [-0.1, -0.05) is 49.4 Å². The average Bonchev–Trinajstić information content (AvgIpc) is 3.22. The van der Waals surface area contributed by atoms with Crippen LogP contribution in [-0.4, -0.2) is 48.4 Å². The molecule has 0 spiro atoms. The summed E-state index contributed by atoms with van der Waals surface area (Å²) in [4.78, 5) is 26.5. The third-order valence-corrected chi connectivity index (χ3v) is 7.08. The molecule has 0 radical (unpaired) electrons. The number of nitrogens with two attached hydrogens (primary N) is 1. The van der Waals surface area contributed by atoms with Crippen LogP contribution in [0.3, 0.4) is 0 Å². The van der Waals surface area contributed by atoms with Crippen LogP contribution in [0.2, 0.25) is 0 Å². The van der Waals surface area contributed by atoms with Gasteiger partial charge in [-0.05, 0) is 29.2 Å². The van der Waals surface area contributed by atoms with Crippen LogP contribution in [0.25, 0.3) is 10.8 Å². The number of alkyl halides is 3. The minimum atomic E-state index is -5.08. The van der Waals surface area contributed by atoms with Gasteiger partial charge in [-0.15, -0.1) is 11.3 Å². The van der Waals surface area contributed by atoms with Gasteiger partial charge in [0, 0.05) is 11.1 Å². The number of amides is 1. The molecule has 2 aromatic carbocycles. The van der Waals surface area contributed by atoms with Crippen molar-refractivity contribution < 1.29 is 36.3 Å². The molecule has 3 aromatic rings. The number of rotatable bonds is 9. The van der Waals surface area contributed by atoms with Gasteiger partial charge < -0.3 is 16.2 Å². The predicted octanol–water partition coefficient (Wildman–Crippen LogP) is 3.07. The van der Waals surface area contributed by atoms with Crippen molar-refractivity contribution in [2.75, 3.05) is 11.5 Å². The van der Waals surface area contributed by atoms with Gasteiger partial charge in [-0.3, -0.25) is 4.79 Å². The normalized spacial score (nSPS) is 12.4. The Morgan fingerprint density at radius 2 is 1.81 bits per heavy atom. The lowest BCUT2D eigenvalue weighted by molar-refractivity contribution is -0.192. The van der Waals surface area contributed by atoms with E-state index in [9.17, 15) is 26.4 Å². The van der Waals surface area contributed by atoms with E-state index in [2.05, 4.69) is 15.0 Å². The van der Waals surface area contributed by atoms with E-state index in [-0.39, 0.29) is 24.6 Å². The fourth-order valence-corrected chi connectivity index (χ4v) is 5.03. The first-order valence-electron chi connectivity index (χ1n) is 10.6. The van der Waals surface area contributed by atoms with E-state index in [0.717, 1.165) is 21.2 Å². The second-order valence-electron chi connectivity index (χ2n) is 7.52. The molecular formula is C22H25F3N4O5S2. The summed E-state index contributed by atoms with van der Waals surface area (Å²) >= 11 is 1.28. The minimum absolute atomic E-state index is 0.0301. The number of hydrogen-bond acceptors (Lipinski definition) is 7. The van der Waals surface area contributed by atoms with E-state index in [1.54, 1.807) is 13.1 Å². The van der Waals surface area contributed by atoms with Crippen molar-refractivity contribution in [2.24, 2.45) is 0 Å². The molecule has 14 heteroatoms. The zero-order valence-electron chi connectivity index (χ0n) is 19.1. The maximum atomic E-state index is 12.9. The van der Waals surface area contributed by atoms with Crippen molar-refractivity contribution >= 4 is 49.1 Å². The molecule has 0 aliphatic rings. The number of fused-ring (bicyclic) bond motifs is 1. The Hall–Kier alpha value is -3.23. The van der Waals surface area contributed by atoms with Crippen molar-refractivity contribution in [3.8, 4) is 0 Å². The molecule has 3 rings (SSSR count). The summed E-state index contributed by atoms with van der Waals surface area (Å²) in [5.74, 6) is -3.17. The highest BCUT2D eigenvalue weighted by Crippen LogP contribution is 2.20. The molecule has 0 bridgehead atoms. The second kappa shape index (κ2) is 12.6. The minimum Gasteiger partial charge on any atom is -0.475 e. The van der Waals surface area contributed by atoms with Crippen molar-refractivity contribution in [3.05, 3.63) is 59.1 Å². The Bertz CT molecular complexity index is 1290. The first kappa shape index (κ1) is 29.0. The van der Waals surface area contributed by atoms with Crippen LogP contribution < -0.4 is 15.8 Å². The van der Waals surface area contributed by atoms with Crippen LogP contribution in [0.15, 0.2) is 48.7 Å². The molecule has 0 fully saturated rings. The number of carboxylic acid groups (broad SMARTS) is 1. The number of thiazole rings is 1. The maximum Gasteiger partial charge on any atom is 0.490 e. The Labute approximate surface area is 209 Å². The highest BCUT2D eigenvalue weighted by Gasteiger charge is 2.38. The zero-order valence-corrected chi connectivity index (χ0v) is 20.7. The highest BCUT2D eigenvalue weighted by atomic mass is 32.2. The van der Waals surface area contributed by atoms with Crippen LogP contribution in [0.1, 0.15) is 23.8 Å². The quantitative estimate of drug-likeness (QED) is 0.322. The number of halogens is 3. The molecule has 5 N–H and O–H groups in total. The summed E-state index contributed by atoms with van der Waals surface area (Å²) in [6.07, 6.45) is -2.76. The topological polar surface area (TPSA) is 151 Å². The number of benzene rings is 2. The smallest absolute Gasteiger partial charge is 0.475 e. The first-order valence-corrected chi connectivity index (χ1v) is 13.0. The predicted molar refractivity (Wildman–Crippen MR) is 131 cm³/mol. The number of nitrogen functional groups attached to an aromatic ring is 1. The molecule has 0 unspecified atom stereocenters. The number of carbonyl (C=O) groups is 2. The third kappa shape index (κ3) is 9.09. The Kier molecular flexibility index (Phi) is 10.2. The summed E-state index contributed by atoms with van der Waals surface area (Å²) in [5.41, 5.74) is 6.53. The number of aliphatic carboxylic acids is 1. The maximum absolute atomic E-state index is 12.9. The number of nitrogens with zero attached hydrogens (tertiary/aromatic N) is 1. The van der Waals surface area contributed by atoms with E-state index in [4.69, 9.17) is 15.6 Å². The van der Waals surface area contributed by atoms with Crippen LogP contribution >= 0.6 is 11.3 Å². The Morgan fingerprint density at radius 1 is 1.17 bits per heavy atom. The molecule has 0 aliphatic heterocycles. The number of aromatic nitrogens is 1. The second-order valence-corrected chi connectivity index (χ2v) is 10.5. The number of sulfonamides is 1. The zero-order chi connectivity index (χ0) is 26.9. The van der Waals surface area contributed by atoms with E-state index in [0.29, 0.717) is 11.6 Å². The van der Waals surface area contributed by atoms with Crippen LogP contribution in [-0.2, 0) is 32.6 Å². The molecule has 0 saturated heterocycles. The SMILES string of the molecule is CCCS(=O)(=O)N[C@@H](Cc1cccc2ccccc12)C(=O)NCc1cnc(N)s1.O=C(O)C(F)(F)F. The van der Waals surface area contributed by atoms with Crippen molar-refractivity contribution in [2.45, 2.75) is 38.5 Å².